The third-order valence-corrected chi connectivity index (χ3v) is 1.84. The van der Waals surface area contributed by atoms with E-state index >= 15 is 0 Å². The van der Waals surface area contributed by atoms with E-state index in [1.165, 1.54) is 25.3 Å². The standard InChI is InChI=1S/C10H11FO3/c1-14-10(13)8-6-7(4-5-12)2-3-9(8)11/h2-3,6,12H,4-5H2,1H3. The molecule has 1 aromatic rings. The van der Waals surface area contributed by atoms with Crippen LogP contribution in [0.3, 0.4) is 0 Å². The highest BCUT2D eigenvalue weighted by Gasteiger charge is 2.12. The Balaban J connectivity index is 3.01. The summed E-state index contributed by atoms with van der Waals surface area (Å²) in [6.45, 7) is -0.0355. The first-order valence-corrected chi connectivity index (χ1v) is 4.16. The molecule has 0 atom stereocenters. The fraction of sp³-hybridized carbons (Fsp3) is 0.300. The van der Waals surface area contributed by atoms with E-state index in [1.54, 1.807) is 0 Å². The fourth-order valence-electron chi connectivity index (χ4n) is 1.12. The Kier molecular flexibility index (Phi) is 3.59. The van der Waals surface area contributed by atoms with E-state index in [1.807, 2.05) is 0 Å². The number of hydrogen-bond donors (Lipinski definition) is 1. The van der Waals surface area contributed by atoms with Gasteiger partial charge in [0.05, 0.1) is 12.7 Å². The first-order chi connectivity index (χ1) is 6.69. The van der Waals surface area contributed by atoms with E-state index in [2.05, 4.69) is 4.74 Å². The lowest BCUT2D eigenvalue weighted by Crippen LogP contribution is -2.05. The van der Waals surface area contributed by atoms with Crippen molar-refractivity contribution in [2.45, 2.75) is 6.42 Å². The Labute approximate surface area is 81.1 Å². The summed E-state index contributed by atoms with van der Waals surface area (Å²) in [5, 5.41) is 8.67. The van der Waals surface area contributed by atoms with Crippen LogP contribution in [0.1, 0.15) is 15.9 Å². The first-order valence-electron chi connectivity index (χ1n) is 4.16. The van der Waals surface area contributed by atoms with Crippen LogP contribution >= 0.6 is 0 Å². The number of halogens is 1. The van der Waals surface area contributed by atoms with Crippen LogP contribution in [-0.2, 0) is 11.2 Å². The van der Waals surface area contributed by atoms with Crippen LogP contribution < -0.4 is 0 Å². The van der Waals surface area contributed by atoms with Gasteiger partial charge in [-0.05, 0) is 24.1 Å². The maximum Gasteiger partial charge on any atom is 0.340 e. The molecular formula is C10H11FO3. The highest BCUT2D eigenvalue weighted by Crippen LogP contribution is 2.12. The van der Waals surface area contributed by atoms with Crippen molar-refractivity contribution in [2.75, 3.05) is 13.7 Å². The van der Waals surface area contributed by atoms with Gasteiger partial charge in [-0.15, -0.1) is 0 Å². The van der Waals surface area contributed by atoms with Crippen LogP contribution in [0.15, 0.2) is 18.2 Å². The van der Waals surface area contributed by atoms with Gasteiger partial charge in [0.1, 0.15) is 5.82 Å². The predicted octanol–water partition coefficient (Wildman–Crippen LogP) is 1.15. The molecule has 4 heteroatoms. The maximum absolute atomic E-state index is 13.1. The number of aliphatic hydroxyl groups excluding tert-OH is 1. The summed E-state index contributed by atoms with van der Waals surface area (Å²) in [5.41, 5.74) is 0.604. The van der Waals surface area contributed by atoms with Crippen LogP contribution in [-0.4, -0.2) is 24.8 Å². The lowest BCUT2D eigenvalue weighted by Gasteiger charge is -2.03. The monoisotopic (exact) mass is 198 g/mol. The van der Waals surface area contributed by atoms with Crippen LogP contribution in [0.5, 0.6) is 0 Å². The number of methoxy groups -OCH3 is 1. The molecule has 1 N–H and O–H groups in total. The normalized spacial score (nSPS) is 9.93. The van der Waals surface area contributed by atoms with E-state index in [4.69, 9.17) is 5.11 Å². The zero-order chi connectivity index (χ0) is 10.6. The molecule has 0 amide bonds. The molecule has 0 saturated carbocycles. The van der Waals surface area contributed by atoms with Crippen LogP contribution in [0, 0.1) is 5.82 Å². The number of hydrogen-bond acceptors (Lipinski definition) is 3. The zero-order valence-electron chi connectivity index (χ0n) is 7.79. The average molecular weight is 198 g/mol. The number of ether oxygens (including phenoxy) is 1. The van der Waals surface area contributed by atoms with Gasteiger partial charge in [0.2, 0.25) is 0 Å². The third-order valence-electron chi connectivity index (χ3n) is 1.84. The molecule has 1 aromatic carbocycles. The van der Waals surface area contributed by atoms with Crippen molar-refractivity contribution in [3.05, 3.63) is 35.1 Å². The Bertz CT molecular complexity index is 336. The smallest absolute Gasteiger partial charge is 0.340 e. The molecule has 1 rings (SSSR count). The molecule has 0 saturated heterocycles. The minimum absolute atomic E-state index is 0.0355. The molecule has 0 spiro atoms. The maximum atomic E-state index is 13.1. The van der Waals surface area contributed by atoms with Gasteiger partial charge in [-0.2, -0.15) is 0 Å². The van der Waals surface area contributed by atoms with Gasteiger partial charge in [-0.25, -0.2) is 9.18 Å². The number of carbonyl (C=O) groups excluding carboxylic acids is 1. The lowest BCUT2D eigenvalue weighted by molar-refractivity contribution is 0.0595. The van der Waals surface area contributed by atoms with Gasteiger partial charge in [-0.3, -0.25) is 0 Å². The minimum atomic E-state index is -0.706. The quantitative estimate of drug-likeness (QED) is 0.741. The molecule has 76 valence electrons. The molecule has 0 aromatic heterocycles. The first kappa shape index (κ1) is 10.7. The Morgan fingerprint density at radius 3 is 2.86 bits per heavy atom. The highest BCUT2D eigenvalue weighted by molar-refractivity contribution is 5.89. The Morgan fingerprint density at radius 2 is 2.29 bits per heavy atom. The second kappa shape index (κ2) is 4.72. The Hall–Kier alpha value is -1.42. The lowest BCUT2D eigenvalue weighted by atomic mass is 10.1. The molecule has 14 heavy (non-hydrogen) atoms. The molecule has 0 aliphatic carbocycles. The minimum Gasteiger partial charge on any atom is -0.465 e. The van der Waals surface area contributed by atoms with Gasteiger partial charge in [0.15, 0.2) is 0 Å². The van der Waals surface area contributed by atoms with Gasteiger partial charge in [0, 0.05) is 6.61 Å². The van der Waals surface area contributed by atoms with Crippen molar-refractivity contribution in [3.63, 3.8) is 0 Å². The van der Waals surface area contributed by atoms with Gasteiger partial charge in [0.25, 0.3) is 0 Å². The number of aliphatic hydroxyl groups is 1. The van der Waals surface area contributed by atoms with Crippen molar-refractivity contribution in [1.29, 1.82) is 0 Å². The molecular weight excluding hydrogens is 187 g/mol. The van der Waals surface area contributed by atoms with Crippen LogP contribution in [0.4, 0.5) is 4.39 Å². The van der Waals surface area contributed by atoms with E-state index < -0.39 is 11.8 Å². The molecule has 0 radical (unpaired) electrons. The molecule has 0 aliphatic heterocycles. The van der Waals surface area contributed by atoms with Crippen LogP contribution in [0.2, 0.25) is 0 Å². The fourth-order valence-corrected chi connectivity index (χ4v) is 1.12. The predicted molar refractivity (Wildman–Crippen MR) is 48.5 cm³/mol. The SMILES string of the molecule is COC(=O)c1cc(CCO)ccc1F. The largest absolute Gasteiger partial charge is 0.465 e. The zero-order valence-corrected chi connectivity index (χ0v) is 7.79. The molecule has 0 bridgehead atoms. The van der Waals surface area contributed by atoms with Gasteiger partial charge >= 0.3 is 5.97 Å². The van der Waals surface area contributed by atoms with Crippen molar-refractivity contribution >= 4 is 5.97 Å². The second-order valence-corrected chi connectivity index (χ2v) is 2.78. The number of esters is 1. The van der Waals surface area contributed by atoms with E-state index in [9.17, 15) is 9.18 Å². The Morgan fingerprint density at radius 1 is 1.57 bits per heavy atom. The molecule has 0 unspecified atom stereocenters. The average Bonchev–Trinajstić information content (AvgIpc) is 2.20. The summed E-state index contributed by atoms with van der Waals surface area (Å²) in [5.74, 6) is -1.32. The van der Waals surface area contributed by atoms with Gasteiger partial charge < -0.3 is 9.84 Å². The number of rotatable bonds is 3. The van der Waals surface area contributed by atoms with Crippen molar-refractivity contribution in [3.8, 4) is 0 Å². The second-order valence-electron chi connectivity index (χ2n) is 2.78. The summed E-state index contributed by atoms with van der Waals surface area (Å²) in [4.78, 5) is 11.1. The van der Waals surface area contributed by atoms with Crippen LogP contribution in [0.25, 0.3) is 0 Å². The van der Waals surface area contributed by atoms with Crippen molar-refractivity contribution < 1.29 is 19.0 Å². The van der Waals surface area contributed by atoms with Gasteiger partial charge in [-0.1, -0.05) is 6.07 Å². The van der Waals surface area contributed by atoms with Crippen molar-refractivity contribution in [2.24, 2.45) is 0 Å². The number of benzene rings is 1. The number of carbonyl (C=O) groups is 1. The topological polar surface area (TPSA) is 46.5 Å². The van der Waals surface area contributed by atoms with E-state index in [0.717, 1.165) is 0 Å². The summed E-state index contributed by atoms with van der Waals surface area (Å²) >= 11 is 0. The molecule has 0 heterocycles. The summed E-state index contributed by atoms with van der Waals surface area (Å²) in [6, 6.07) is 4.10. The highest BCUT2D eigenvalue weighted by atomic mass is 19.1. The summed E-state index contributed by atoms with van der Waals surface area (Å²) in [6.07, 6.45) is 0.393. The molecule has 0 aliphatic rings. The van der Waals surface area contributed by atoms with E-state index in [-0.39, 0.29) is 12.2 Å². The summed E-state index contributed by atoms with van der Waals surface area (Å²) < 4.78 is 17.5. The molecule has 3 nitrogen and oxygen atoms in total. The van der Waals surface area contributed by atoms with E-state index in [0.29, 0.717) is 12.0 Å². The molecule has 0 fully saturated rings. The third kappa shape index (κ3) is 2.29. The van der Waals surface area contributed by atoms with Crippen molar-refractivity contribution in [1.82, 2.24) is 0 Å². The summed E-state index contributed by atoms with van der Waals surface area (Å²) in [7, 11) is 1.19.